The fraction of sp³-hybridized carbons (Fsp3) is 0.200. The second-order valence-corrected chi connectivity index (χ2v) is 4.20. The molecule has 0 saturated carbocycles. The van der Waals surface area contributed by atoms with Gasteiger partial charge >= 0.3 is 12.4 Å². The van der Waals surface area contributed by atoms with Gasteiger partial charge in [-0.15, -0.1) is 0 Å². The Balaban J connectivity index is 0.000000262. The Hall–Kier alpha value is -1.98. The molecule has 2 aromatic carbocycles. The van der Waals surface area contributed by atoms with Crippen LogP contribution in [0.4, 0.5) is 26.3 Å². The average molecular weight is 306 g/mol. The monoisotopic (exact) mass is 306 g/mol. The highest BCUT2D eigenvalue weighted by Crippen LogP contribution is 2.39. The molecular formula is C15H12F6. The van der Waals surface area contributed by atoms with Crippen LogP contribution in [0.5, 0.6) is 0 Å². The van der Waals surface area contributed by atoms with Gasteiger partial charge in [0.15, 0.2) is 0 Å². The third-order valence-electron chi connectivity index (χ3n) is 2.48. The van der Waals surface area contributed by atoms with Crippen LogP contribution in [0.2, 0.25) is 0 Å². The van der Waals surface area contributed by atoms with Gasteiger partial charge in [0.2, 0.25) is 0 Å². The second kappa shape index (κ2) is 6.65. The standard InChI is InChI=1S/C8H4F6.C7H8/c9-7(10,11)5-3-1-2-4-6(5)8(12,13)14;1-7-5-3-2-4-6-7/h1-4H;2-6H,1H3. The van der Waals surface area contributed by atoms with Gasteiger partial charge in [-0.05, 0) is 19.1 Å². The topological polar surface area (TPSA) is 0 Å². The van der Waals surface area contributed by atoms with E-state index in [1.807, 2.05) is 18.2 Å². The summed E-state index contributed by atoms with van der Waals surface area (Å²) in [6.07, 6.45) is -9.96. The summed E-state index contributed by atoms with van der Waals surface area (Å²) in [5.41, 5.74) is -2.00. The molecule has 0 nitrogen and oxygen atoms in total. The Labute approximate surface area is 118 Å². The van der Waals surface area contributed by atoms with Crippen LogP contribution >= 0.6 is 0 Å². The van der Waals surface area contributed by atoms with Crippen LogP contribution in [0.15, 0.2) is 54.6 Å². The number of benzene rings is 2. The minimum absolute atomic E-state index is 0.406. The van der Waals surface area contributed by atoms with Gasteiger partial charge in [0.05, 0.1) is 11.1 Å². The van der Waals surface area contributed by atoms with E-state index in [1.54, 1.807) is 0 Å². The van der Waals surface area contributed by atoms with E-state index in [4.69, 9.17) is 0 Å². The largest absolute Gasteiger partial charge is 0.417 e. The van der Waals surface area contributed by atoms with Gasteiger partial charge in [0.25, 0.3) is 0 Å². The van der Waals surface area contributed by atoms with Gasteiger partial charge in [-0.3, -0.25) is 0 Å². The zero-order valence-corrected chi connectivity index (χ0v) is 11.0. The lowest BCUT2D eigenvalue weighted by atomic mass is 10.1. The predicted octanol–water partition coefficient (Wildman–Crippen LogP) is 5.72. The van der Waals surface area contributed by atoms with Crippen LogP contribution in [-0.4, -0.2) is 0 Å². The quantitative estimate of drug-likeness (QED) is 0.546. The van der Waals surface area contributed by atoms with Gasteiger partial charge in [-0.2, -0.15) is 26.3 Å². The van der Waals surface area contributed by atoms with Crippen LogP contribution in [0.1, 0.15) is 16.7 Å². The fourth-order valence-corrected chi connectivity index (χ4v) is 1.51. The number of hydrogen-bond donors (Lipinski definition) is 0. The summed E-state index contributed by atoms with van der Waals surface area (Å²) in [5.74, 6) is 0. The van der Waals surface area contributed by atoms with Crippen LogP contribution in [0.25, 0.3) is 0 Å². The lowest BCUT2D eigenvalue weighted by Crippen LogP contribution is -2.15. The van der Waals surface area contributed by atoms with Crippen molar-refractivity contribution >= 4 is 0 Å². The molecule has 0 amide bonds. The van der Waals surface area contributed by atoms with Crippen LogP contribution in [-0.2, 0) is 12.4 Å². The molecule has 0 atom stereocenters. The van der Waals surface area contributed by atoms with Crippen molar-refractivity contribution in [1.29, 1.82) is 0 Å². The van der Waals surface area contributed by atoms with Crippen molar-refractivity contribution in [1.82, 2.24) is 0 Å². The minimum Gasteiger partial charge on any atom is -0.166 e. The number of hydrogen-bond acceptors (Lipinski definition) is 0. The molecule has 0 unspecified atom stereocenters. The molecule has 0 heterocycles. The molecule has 0 aliphatic heterocycles. The molecule has 0 radical (unpaired) electrons. The zero-order chi connectivity index (χ0) is 16.1. The van der Waals surface area contributed by atoms with E-state index >= 15 is 0 Å². The molecule has 0 aromatic heterocycles. The highest BCUT2D eigenvalue weighted by molar-refractivity contribution is 5.31. The van der Waals surface area contributed by atoms with E-state index < -0.39 is 23.5 Å². The molecule has 0 N–H and O–H groups in total. The summed E-state index contributed by atoms with van der Waals surface area (Å²) >= 11 is 0. The molecule has 0 bridgehead atoms. The van der Waals surface area contributed by atoms with Crippen LogP contribution in [0.3, 0.4) is 0 Å². The maximum Gasteiger partial charge on any atom is 0.417 e. The normalized spacial score (nSPS) is 11.6. The van der Waals surface area contributed by atoms with Crippen molar-refractivity contribution in [3.05, 3.63) is 71.3 Å². The molecule has 0 fully saturated rings. The fourth-order valence-electron chi connectivity index (χ4n) is 1.51. The third kappa shape index (κ3) is 5.49. The van der Waals surface area contributed by atoms with Crippen molar-refractivity contribution in [2.24, 2.45) is 0 Å². The van der Waals surface area contributed by atoms with Crippen molar-refractivity contribution < 1.29 is 26.3 Å². The summed E-state index contributed by atoms with van der Waals surface area (Å²) in [5, 5.41) is 0. The molecule has 0 aliphatic rings. The first kappa shape index (κ1) is 17.1. The van der Waals surface area contributed by atoms with Gasteiger partial charge in [-0.1, -0.05) is 48.0 Å². The first-order chi connectivity index (χ1) is 9.62. The lowest BCUT2D eigenvalue weighted by Gasteiger charge is -2.14. The average Bonchev–Trinajstić information content (AvgIpc) is 2.38. The Kier molecular flexibility index (Phi) is 5.41. The van der Waals surface area contributed by atoms with Crippen LogP contribution in [0, 0.1) is 6.92 Å². The van der Waals surface area contributed by atoms with Gasteiger partial charge < -0.3 is 0 Å². The predicted molar refractivity (Wildman–Crippen MR) is 67.6 cm³/mol. The van der Waals surface area contributed by atoms with Crippen molar-refractivity contribution in [3.8, 4) is 0 Å². The summed E-state index contributed by atoms with van der Waals surface area (Å²) in [7, 11) is 0. The number of halogens is 6. The van der Waals surface area contributed by atoms with Crippen molar-refractivity contribution in [2.75, 3.05) is 0 Å². The second-order valence-electron chi connectivity index (χ2n) is 4.20. The molecule has 0 spiro atoms. The maximum absolute atomic E-state index is 12.1. The Morgan fingerprint density at radius 3 is 1.14 bits per heavy atom. The summed E-state index contributed by atoms with van der Waals surface area (Å²) in [4.78, 5) is 0. The Bertz CT molecular complexity index is 521. The molecule has 2 aromatic rings. The van der Waals surface area contributed by atoms with Gasteiger partial charge in [-0.25, -0.2) is 0 Å². The van der Waals surface area contributed by atoms with E-state index in [0.29, 0.717) is 12.1 Å². The summed E-state index contributed by atoms with van der Waals surface area (Å²) in [6.45, 7) is 2.08. The maximum atomic E-state index is 12.1. The highest BCUT2D eigenvalue weighted by atomic mass is 19.4. The smallest absolute Gasteiger partial charge is 0.166 e. The van der Waals surface area contributed by atoms with Gasteiger partial charge in [0.1, 0.15) is 0 Å². The molecule has 6 heteroatoms. The molecule has 114 valence electrons. The minimum atomic E-state index is -4.98. The van der Waals surface area contributed by atoms with E-state index in [0.717, 1.165) is 12.1 Å². The molecule has 0 aliphatic carbocycles. The molecule has 0 saturated heterocycles. The third-order valence-corrected chi connectivity index (χ3v) is 2.48. The SMILES string of the molecule is Cc1ccccc1.FC(F)(F)c1ccccc1C(F)(F)F. The lowest BCUT2D eigenvalue weighted by molar-refractivity contribution is -0.162. The first-order valence-corrected chi connectivity index (χ1v) is 5.87. The van der Waals surface area contributed by atoms with Crippen LogP contribution < -0.4 is 0 Å². The van der Waals surface area contributed by atoms with E-state index in [-0.39, 0.29) is 0 Å². The highest BCUT2D eigenvalue weighted by Gasteiger charge is 2.42. The van der Waals surface area contributed by atoms with Gasteiger partial charge in [0, 0.05) is 0 Å². The summed E-state index contributed by atoms with van der Waals surface area (Å²) < 4.78 is 72.5. The van der Waals surface area contributed by atoms with Crippen molar-refractivity contribution in [2.45, 2.75) is 19.3 Å². The molecule has 2 rings (SSSR count). The zero-order valence-electron chi connectivity index (χ0n) is 11.0. The number of aryl methyl sites for hydroxylation is 1. The Morgan fingerprint density at radius 2 is 0.905 bits per heavy atom. The Morgan fingerprint density at radius 1 is 0.571 bits per heavy atom. The summed E-state index contributed by atoms with van der Waals surface area (Å²) in [6, 6.07) is 12.9. The number of rotatable bonds is 0. The van der Waals surface area contributed by atoms with E-state index in [1.165, 1.54) is 5.56 Å². The molecule has 21 heavy (non-hydrogen) atoms. The first-order valence-electron chi connectivity index (χ1n) is 5.87. The van der Waals surface area contributed by atoms with E-state index in [2.05, 4.69) is 19.1 Å². The van der Waals surface area contributed by atoms with E-state index in [9.17, 15) is 26.3 Å². The van der Waals surface area contributed by atoms with Crippen molar-refractivity contribution in [3.63, 3.8) is 0 Å². The number of alkyl halides is 6. The molecular weight excluding hydrogens is 294 g/mol.